The fourth-order valence-corrected chi connectivity index (χ4v) is 4.83. The Bertz CT molecular complexity index is 1030. The van der Waals surface area contributed by atoms with Gasteiger partial charge >= 0.3 is 0 Å². The Labute approximate surface area is 172 Å². The van der Waals surface area contributed by atoms with Gasteiger partial charge in [-0.2, -0.15) is 0 Å². The van der Waals surface area contributed by atoms with Crippen LogP contribution in [0, 0.1) is 5.92 Å². The van der Waals surface area contributed by atoms with Crippen LogP contribution in [-0.2, 0) is 13.1 Å². The largest absolute Gasteiger partial charge is 0.497 e. The lowest BCUT2D eigenvalue weighted by atomic mass is 9.93. The molecule has 1 aromatic heterocycles. The number of aliphatic hydroxyl groups is 1. The smallest absolute Gasteiger partial charge is 0.119 e. The van der Waals surface area contributed by atoms with Gasteiger partial charge in [0.2, 0.25) is 0 Å². The minimum atomic E-state index is -0.490. The zero-order valence-corrected chi connectivity index (χ0v) is 16.9. The van der Waals surface area contributed by atoms with E-state index in [-0.39, 0.29) is 0 Å². The number of hydrogen-bond acceptors (Lipinski definition) is 3. The summed E-state index contributed by atoms with van der Waals surface area (Å²) in [4.78, 5) is 2.54. The highest BCUT2D eigenvalue weighted by Crippen LogP contribution is 2.38. The predicted molar refractivity (Wildman–Crippen MR) is 116 cm³/mol. The third-order valence-corrected chi connectivity index (χ3v) is 6.44. The van der Waals surface area contributed by atoms with Gasteiger partial charge in [0.25, 0.3) is 0 Å². The van der Waals surface area contributed by atoms with Crippen LogP contribution in [0.4, 0.5) is 0 Å². The standard InChI is InChI=1S/C25H28N2O2/c1-29-22-7-8-23-20(14-22)15-24-25(28)21(17-27(23)24)13-18-9-11-26(12-10-18)16-19-5-3-2-4-6-19/h2-8,13-15,18,25,28H,9-12,16-17H2,1H3/b21-13-. The molecule has 3 heterocycles. The Balaban J connectivity index is 1.26. The lowest BCUT2D eigenvalue weighted by Crippen LogP contribution is -2.32. The number of piperidine rings is 1. The summed E-state index contributed by atoms with van der Waals surface area (Å²) in [6.07, 6.45) is 4.19. The average molecular weight is 389 g/mol. The number of rotatable bonds is 4. The maximum atomic E-state index is 10.9. The Kier molecular flexibility index (Phi) is 4.90. The summed E-state index contributed by atoms with van der Waals surface area (Å²) in [5, 5.41) is 12.0. The van der Waals surface area contributed by atoms with Crippen LogP contribution >= 0.6 is 0 Å². The van der Waals surface area contributed by atoms with Crippen molar-refractivity contribution in [2.24, 2.45) is 5.92 Å². The summed E-state index contributed by atoms with van der Waals surface area (Å²) in [5.41, 5.74) is 4.71. The van der Waals surface area contributed by atoms with Gasteiger partial charge in [-0.05, 0) is 67.3 Å². The van der Waals surface area contributed by atoms with Crippen molar-refractivity contribution in [3.8, 4) is 5.75 Å². The van der Waals surface area contributed by atoms with E-state index < -0.39 is 6.10 Å². The van der Waals surface area contributed by atoms with Gasteiger partial charge in [-0.15, -0.1) is 0 Å². The minimum absolute atomic E-state index is 0.490. The molecule has 1 fully saturated rings. The molecule has 2 aromatic carbocycles. The van der Waals surface area contributed by atoms with E-state index in [2.05, 4.69) is 58.0 Å². The first-order chi connectivity index (χ1) is 14.2. The Morgan fingerprint density at radius 2 is 1.86 bits per heavy atom. The van der Waals surface area contributed by atoms with E-state index in [1.54, 1.807) is 7.11 Å². The van der Waals surface area contributed by atoms with Crippen molar-refractivity contribution in [3.63, 3.8) is 0 Å². The van der Waals surface area contributed by atoms with Crippen molar-refractivity contribution in [2.75, 3.05) is 20.2 Å². The summed E-state index contributed by atoms with van der Waals surface area (Å²) in [7, 11) is 1.69. The van der Waals surface area contributed by atoms with E-state index in [1.165, 1.54) is 11.1 Å². The maximum absolute atomic E-state index is 10.9. The molecule has 2 aliphatic rings. The van der Waals surface area contributed by atoms with E-state index in [9.17, 15) is 5.11 Å². The number of allylic oxidation sites excluding steroid dienone is 1. The SMILES string of the molecule is COc1ccc2c(c1)cc1n2C/C(=C/C2CCN(Cc3ccccc3)CC2)C1O. The highest BCUT2D eigenvalue weighted by atomic mass is 16.5. The molecule has 1 atom stereocenters. The molecular formula is C25H28N2O2. The van der Waals surface area contributed by atoms with E-state index in [4.69, 9.17) is 4.74 Å². The first-order valence-electron chi connectivity index (χ1n) is 10.5. The van der Waals surface area contributed by atoms with Crippen LogP contribution in [0.2, 0.25) is 0 Å². The number of ether oxygens (including phenoxy) is 1. The number of methoxy groups -OCH3 is 1. The number of fused-ring (bicyclic) bond motifs is 3. The minimum Gasteiger partial charge on any atom is -0.497 e. The molecule has 3 aromatic rings. The van der Waals surface area contributed by atoms with Crippen LogP contribution in [0.25, 0.3) is 10.9 Å². The third kappa shape index (κ3) is 3.59. The van der Waals surface area contributed by atoms with Crippen molar-refractivity contribution in [2.45, 2.75) is 32.0 Å². The van der Waals surface area contributed by atoms with E-state index in [0.717, 1.165) is 61.4 Å². The molecule has 2 aliphatic heterocycles. The van der Waals surface area contributed by atoms with Gasteiger partial charge in [-0.25, -0.2) is 0 Å². The van der Waals surface area contributed by atoms with E-state index >= 15 is 0 Å². The molecular weight excluding hydrogens is 360 g/mol. The highest BCUT2D eigenvalue weighted by Gasteiger charge is 2.29. The molecule has 0 bridgehead atoms. The van der Waals surface area contributed by atoms with Crippen molar-refractivity contribution in [3.05, 3.63) is 77.5 Å². The summed E-state index contributed by atoms with van der Waals surface area (Å²) in [5.74, 6) is 1.41. The number of likely N-dealkylation sites (tertiary alicyclic amines) is 1. The van der Waals surface area contributed by atoms with Crippen LogP contribution in [0.5, 0.6) is 5.75 Å². The quantitative estimate of drug-likeness (QED) is 0.667. The molecule has 1 saturated heterocycles. The lowest BCUT2D eigenvalue weighted by Gasteiger charge is -2.31. The number of benzene rings is 2. The highest BCUT2D eigenvalue weighted by molar-refractivity contribution is 5.83. The predicted octanol–water partition coefficient (Wildman–Crippen LogP) is 4.54. The van der Waals surface area contributed by atoms with Gasteiger partial charge < -0.3 is 14.4 Å². The van der Waals surface area contributed by atoms with Crippen LogP contribution in [0.1, 0.15) is 30.2 Å². The number of aromatic nitrogens is 1. The van der Waals surface area contributed by atoms with Crippen molar-refractivity contribution in [1.29, 1.82) is 0 Å². The van der Waals surface area contributed by atoms with Crippen LogP contribution in [-0.4, -0.2) is 34.8 Å². The zero-order valence-electron chi connectivity index (χ0n) is 16.9. The summed E-state index contributed by atoms with van der Waals surface area (Å²) >= 11 is 0. The Morgan fingerprint density at radius 1 is 1.07 bits per heavy atom. The fourth-order valence-electron chi connectivity index (χ4n) is 4.83. The second kappa shape index (κ2) is 7.69. The Morgan fingerprint density at radius 3 is 2.62 bits per heavy atom. The maximum Gasteiger partial charge on any atom is 0.119 e. The van der Waals surface area contributed by atoms with E-state index in [0.29, 0.717) is 5.92 Å². The molecule has 4 nitrogen and oxygen atoms in total. The van der Waals surface area contributed by atoms with Crippen molar-refractivity contribution >= 4 is 10.9 Å². The summed E-state index contributed by atoms with van der Waals surface area (Å²) in [6.45, 7) is 4.06. The number of nitrogens with zero attached hydrogens (tertiary/aromatic N) is 2. The molecule has 0 spiro atoms. The molecule has 5 rings (SSSR count). The van der Waals surface area contributed by atoms with Gasteiger partial charge in [-0.1, -0.05) is 36.4 Å². The van der Waals surface area contributed by atoms with Crippen LogP contribution in [0.3, 0.4) is 0 Å². The second-order valence-corrected chi connectivity index (χ2v) is 8.32. The fraction of sp³-hybridized carbons (Fsp3) is 0.360. The normalized spacial score (nSPS) is 21.7. The van der Waals surface area contributed by atoms with Crippen LogP contribution in [0.15, 0.2) is 66.2 Å². The molecule has 1 N–H and O–H groups in total. The van der Waals surface area contributed by atoms with Crippen molar-refractivity contribution in [1.82, 2.24) is 9.47 Å². The van der Waals surface area contributed by atoms with Gasteiger partial charge in [0, 0.05) is 24.0 Å². The van der Waals surface area contributed by atoms with Crippen LogP contribution < -0.4 is 4.74 Å². The van der Waals surface area contributed by atoms with Gasteiger partial charge in [0.15, 0.2) is 0 Å². The molecule has 4 heteroatoms. The zero-order chi connectivity index (χ0) is 19.8. The first-order valence-corrected chi connectivity index (χ1v) is 10.5. The number of aliphatic hydroxyl groups excluding tert-OH is 1. The molecule has 1 unspecified atom stereocenters. The Hall–Kier alpha value is -2.56. The average Bonchev–Trinajstić information content (AvgIpc) is 3.26. The van der Waals surface area contributed by atoms with Gasteiger partial charge in [0.1, 0.15) is 11.9 Å². The number of hydrogen-bond donors (Lipinski definition) is 1. The monoisotopic (exact) mass is 388 g/mol. The first kappa shape index (κ1) is 18.5. The lowest BCUT2D eigenvalue weighted by molar-refractivity contribution is 0.191. The third-order valence-electron chi connectivity index (χ3n) is 6.44. The molecule has 0 radical (unpaired) electrons. The molecule has 29 heavy (non-hydrogen) atoms. The van der Waals surface area contributed by atoms with Gasteiger partial charge in [0.05, 0.1) is 12.8 Å². The van der Waals surface area contributed by atoms with Gasteiger partial charge in [-0.3, -0.25) is 4.90 Å². The second-order valence-electron chi connectivity index (χ2n) is 8.32. The molecule has 0 amide bonds. The summed E-state index contributed by atoms with van der Waals surface area (Å²) in [6, 6.07) is 18.9. The molecule has 0 saturated carbocycles. The summed E-state index contributed by atoms with van der Waals surface area (Å²) < 4.78 is 7.58. The topological polar surface area (TPSA) is 37.6 Å². The molecule has 0 aliphatic carbocycles. The van der Waals surface area contributed by atoms with E-state index in [1.807, 2.05) is 12.1 Å². The van der Waals surface area contributed by atoms with Crippen molar-refractivity contribution < 1.29 is 9.84 Å². The molecule has 150 valence electrons.